The molecule has 7 heteroatoms. The van der Waals surface area contributed by atoms with Gasteiger partial charge < -0.3 is 19.4 Å². The molecule has 1 unspecified atom stereocenters. The molecule has 29 heavy (non-hydrogen) atoms. The van der Waals surface area contributed by atoms with Gasteiger partial charge in [-0.3, -0.25) is 9.59 Å². The summed E-state index contributed by atoms with van der Waals surface area (Å²) in [6.07, 6.45) is 0.638. The molecule has 1 saturated heterocycles. The van der Waals surface area contributed by atoms with Crippen molar-refractivity contribution < 1.29 is 19.1 Å². The summed E-state index contributed by atoms with van der Waals surface area (Å²) in [6.45, 7) is 8.45. The van der Waals surface area contributed by atoms with Gasteiger partial charge in [0.25, 0.3) is 0 Å². The molecule has 0 aliphatic carbocycles. The fourth-order valence-corrected chi connectivity index (χ4v) is 4.01. The minimum absolute atomic E-state index is 0.0259. The lowest BCUT2D eigenvalue weighted by Crippen LogP contribution is -2.58. The molecule has 1 aromatic carbocycles. The van der Waals surface area contributed by atoms with E-state index < -0.39 is 6.04 Å². The number of rotatable bonds is 4. The van der Waals surface area contributed by atoms with Gasteiger partial charge >= 0.3 is 6.09 Å². The van der Waals surface area contributed by atoms with Crippen LogP contribution in [0.2, 0.25) is 0 Å². The highest BCUT2D eigenvalue weighted by molar-refractivity contribution is 5.89. The predicted molar refractivity (Wildman–Crippen MR) is 109 cm³/mol. The number of carbonyl (C=O) groups is 3. The van der Waals surface area contributed by atoms with E-state index in [9.17, 15) is 14.4 Å². The van der Waals surface area contributed by atoms with Gasteiger partial charge in [0, 0.05) is 45.6 Å². The number of ether oxygens (including phenoxy) is 1. The molecule has 2 aliphatic rings. The predicted octanol–water partition coefficient (Wildman–Crippen LogP) is 2.29. The Kier molecular flexibility index (Phi) is 6.77. The fourth-order valence-electron chi connectivity index (χ4n) is 4.01. The standard InChI is InChI=1S/C22H31N3O4/c1-4-29-22(28)24-11-9-23(10-12-24)21(27)19-14-17-7-5-6-8-18(17)15-25(19)20(26)13-16(2)3/h5-8,16,19H,4,9-15H2,1-3H3. The summed E-state index contributed by atoms with van der Waals surface area (Å²) in [4.78, 5) is 43.3. The lowest BCUT2D eigenvalue weighted by molar-refractivity contribution is -0.148. The Morgan fingerprint density at radius 2 is 1.66 bits per heavy atom. The van der Waals surface area contributed by atoms with E-state index in [4.69, 9.17) is 4.74 Å². The highest BCUT2D eigenvalue weighted by Gasteiger charge is 2.38. The van der Waals surface area contributed by atoms with Gasteiger partial charge in [0.1, 0.15) is 6.04 Å². The number of nitrogens with zero attached hydrogens (tertiary/aromatic N) is 3. The Labute approximate surface area is 172 Å². The first-order valence-electron chi connectivity index (χ1n) is 10.5. The molecule has 0 aromatic heterocycles. The number of hydrogen-bond donors (Lipinski definition) is 0. The highest BCUT2D eigenvalue weighted by Crippen LogP contribution is 2.26. The van der Waals surface area contributed by atoms with E-state index in [1.165, 1.54) is 0 Å². The number of amides is 3. The average Bonchev–Trinajstić information content (AvgIpc) is 2.72. The normalized spacial score (nSPS) is 19.2. The third-order valence-corrected chi connectivity index (χ3v) is 5.55. The molecule has 3 rings (SSSR count). The fraction of sp³-hybridized carbons (Fsp3) is 0.591. The molecule has 3 amide bonds. The topological polar surface area (TPSA) is 70.2 Å². The van der Waals surface area contributed by atoms with Gasteiger partial charge in [0.05, 0.1) is 6.61 Å². The maximum Gasteiger partial charge on any atom is 0.409 e. The number of hydrogen-bond acceptors (Lipinski definition) is 4. The molecule has 1 aromatic rings. The zero-order valence-corrected chi connectivity index (χ0v) is 17.6. The Morgan fingerprint density at radius 3 is 2.28 bits per heavy atom. The van der Waals surface area contributed by atoms with Crippen molar-refractivity contribution in [1.29, 1.82) is 0 Å². The van der Waals surface area contributed by atoms with E-state index in [1.54, 1.807) is 21.6 Å². The second kappa shape index (κ2) is 9.29. The SMILES string of the molecule is CCOC(=O)N1CCN(C(=O)C2Cc3ccccc3CN2C(=O)CC(C)C)CC1. The zero-order valence-electron chi connectivity index (χ0n) is 17.6. The monoisotopic (exact) mass is 401 g/mol. The van der Waals surface area contributed by atoms with Crippen LogP contribution in [0.5, 0.6) is 0 Å². The second-order valence-corrected chi connectivity index (χ2v) is 8.12. The summed E-state index contributed by atoms with van der Waals surface area (Å²) < 4.78 is 5.05. The minimum Gasteiger partial charge on any atom is -0.450 e. The first-order chi connectivity index (χ1) is 13.9. The Bertz CT molecular complexity index is 756. The van der Waals surface area contributed by atoms with E-state index in [0.717, 1.165) is 11.1 Å². The molecule has 0 N–H and O–H groups in total. The minimum atomic E-state index is -0.481. The lowest BCUT2D eigenvalue weighted by atomic mass is 9.92. The molecule has 0 saturated carbocycles. The number of fused-ring (bicyclic) bond motifs is 1. The third kappa shape index (κ3) is 4.89. The first-order valence-corrected chi connectivity index (χ1v) is 10.5. The molecule has 1 atom stereocenters. The van der Waals surface area contributed by atoms with E-state index in [0.29, 0.717) is 52.2 Å². The number of carbonyl (C=O) groups excluding carboxylic acids is 3. The molecule has 0 bridgehead atoms. The summed E-state index contributed by atoms with van der Waals surface area (Å²) in [5.41, 5.74) is 2.24. The largest absolute Gasteiger partial charge is 0.450 e. The first kappa shape index (κ1) is 21.1. The quantitative estimate of drug-likeness (QED) is 0.776. The smallest absolute Gasteiger partial charge is 0.409 e. The summed E-state index contributed by atoms with van der Waals surface area (Å²) in [5, 5.41) is 0. The molecule has 0 radical (unpaired) electrons. The van der Waals surface area contributed by atoms with Crippen molar-refractivity contribution in [2.45, 2.75) is 46.2 Å². The summed E-state index contributed by atoms with van der Waals surface area (Å²) in [5.74, 6) is 0.238. The highest BCUT2D eigenvalue weighted by atomic mass is 16.6. The van der Waals surface area contributed by atoms with Crippen LogP contribution in [0.25, 0.3) is 0 Å². The Morgan fingerprint density at radius 1 is 1.03 bits per heavy atom. The summed E-state index contributed by atoms with van der Waals surface area (Å²) in [7, 11) is 0. The van der Waals surface area contributed by atoms with Crippen molar-refractivity contribution >= 4 is 17.9 Å². The van der Waals surface area contributed by atoms with Gasteiger partial charge in [0.2, 0.25) is 11.8 Å². The van der Waals surface area contributed by atoms with Crippen LogP contribution in [0, 0.1) is 5.92 Å². The maximum absolute atomic E-state index is 13.4. The zero-order chi connectivity index (χ0) is 21.0. The van der Waals surface area contributed by atoms with Gasteiger partial charge in [-0.15, -0.1) is 0 Å². The molecule has 7 nitrogen and oxygen atoms in total. The van der Waals surface area contributed by atoms with E-state index in [-0.39, 0.29) is 23.8 Å². The molecule has 2 aliphatic heterocycles. The van der Waals surface area contributed by atoms with E-state index in [1.807, 2.05) is 38.1 Å². The van der Waals surface area contributed by atoms with Crippen LogP contribution in [0.3, 0.4) is 0 Å². The number of piperazine rings is 1. The van der Waals surface area contributed by atoms with Gasteiger partial charge in [-0.05, 0) is 24.0 Å². The average molecular weight is 402 g/mol. The summed E-state index contributed by atoms with van der Waals surface area (Å²) >= 11 is 0. The van der Waals surface area contributed by atoms with Crippen molar-refractivity contribution in [2.75, 3.05) is 32.8 Å². The molecule has 1 fully saturated rings. The van der Waals surface area contributed by atoms with Crippen LogP contribution in [-0.4, -0.2) is 71.4 Å². The summed E-state index contributed by atoms with van der Waals surface area (Å²) in [6, 6.07) is 7.54. The van der Waals surface area contributed by atoms with Crippen LogP contribution >= 0.6 is 0 Å². The van der Waals surface area contributed by atoms with E-state index >= 15 is 0 Å². The molecule has 158 valence electrons. The third-order valence-electron chi connectivity index (χ3n) is 5.55. The molecule has 2 heterocycles. The number of benzene rings is 1. The van der Waals surface area contributed by atoms with Crippen molar-refractivity contribution in [1.82, 2.24) is 14.7 Å². The van der Waals surface area contributed by atoms with Crippen LogP contribution in [-0.2, 0) is 27.3 Å². The van der Waals surface area contributed by atoms with Crippen LogP contribution in [0.1, 0.15) is 38.3 Å². The van der Waals surface area contributed by atoms with Crippen LogP contribution in [0.4, 0.5) is 4.79 Å². The Hall–Kier alpha value is -2.57. The van der Waals surface area contributed by atoms with Gasteiger partial charge in [-0.1, -0.05) is 38.1 Å². The van der Waals surface area contributed by atoms with Crippen LogP contribution < -0.4 is 0 Å². The van der Waals surface area contributed by atoms with Gasteiger partial charge in [-0.2, -0.15) is 0 Å². The van der Waals surface area contributed by atoms with Gasteiger partial charge in [-0.25, -0.2) is 4.79 Å². The Balaban J connectivity index is 1.73. The molecular weight excluding hydrogens is 370 g/mol. The van der Waals surface area contributed by atoms with Crippen molar-refractivity contribution in [2.24, 2.45) is 5.92 Å². The lowest BCUT2D eigenvalue weighted by Gasteiger charge is -2.41. The van der Waals surface area contributed by atoms with Crippen molar-refractivity contribution in [3.05, 3.63) is 35.4 Å². The maximum atomic E-state index is 13.4. The van der Waals surface area contributed by atoms with Crippen LogP contribution in [0.15, 0.2) is 24.3 Å². The molecule has 0 spiro atoms. The van der Waals surface area contributed by atoms with Crippen molar-refractivity contribution in [3.63, 3.8) is 0 Å². The van der Waals surface area contributed by atoms with Crippen molar-refractivity contribution in [3.8, 4) is 0 Å². The molecular formula is C22H31N3O4. The second-order valence-electron chi connectivity index (χ2n) is 8.12. The van der Waals surface area contributed by atoms with Gasteiger partial charge in [0.15, 0.2) is 0 Å². The van der Waals surface area contributed by atoms with E-state index in [2.05, 4.69) is 0 Å².